The standard InChI is InChI=1S/C8H17NO2.C8H19N/c1-6(2)3-7(5-9)4-8(10)11;1-4-8(6-9)5-7(2)3/h6-7H,3-5,9H2,1-2H3,(H,10,11);7-8H,4-6,9H2,1-3H3/t7-;/m0./s1. The van der Waals surface area contributed by atoms with Crippen LogP contribution in [0.1, 0.15) is 60.3 Å². The van der Waals surface area contributed by atoms with Crippen molar-refractivity contribution in [2.24, 2.45) is 35.1 Å². The highest BCUT2D eigenvalue weighted by atomic mass is 16.4. The molecule has 0 aliphatic rings. The van der Waals surface area contributed by atoms with Gasteiger partial charge in [0.1, 0.15) is 0 Å². The van der Waals surface area contributed by atoms with Crippen LogP contribution in [-0.4, -0.2) is 24.2 Å². The van der Waals surface area contributed by atoms with Crippen molar-refractivity contribution < 1.29 is 9.90 Å². The van der Waals surface area contributed by atoms with E-state index in [1.165, 1.54) is 12.8 Å². The molecule has 4 nitrogen and oxygen atoms in total. The largest absolute Gasteiger partial charge is 0.481 e. The molecule has 0 saturated heterocycles. The maximum atomic E-state index is 10.3. The van der Waals surface area contributed by atoms with Crippen molar-refractivity contribution in [3.05, 3.63) is 0 Å². The quantitative estimate of drug-likeness (QED) is 0.608. The van der Waals surface area contributed by atoms with Gasteiger partial charge in [-0.1, -0.05) is 41.0 Å². The van der Waals surface area contributed by atoms with Gasteiger partial charge < -0.3 is 16.6 Å². The van der Waals surface area contributed by atoms with E-state index in [0.29, 0.717) is 12.5 Å². The van der Waals surface area contributed by atoms with Crippen molar-refractivity contribution in [3.8, 4) is 0 Å². The molecular weight excluding hydrogens is 252 g/mol. The molecule has 122 valence electrons. The molecule has 4 heteroatoms. The van der Waals surface area contributed by atoms with E-state index in [4.69, 9.17) is 16.6 Å². The summed E-state index contributed by atoms with van der Waals surface area (Å²) in [6, 6.07) is 0. The summed E-state index contributed by atoms with van der Waals surface area (Å²) in [4.78, 5) is 10.3. The fraction of sp³-hybridized carbons (Fsp3) is 0.938. The zero-order valence-electron chi connectivity index (χ0n) is 14.1. The normalized spacial score (nSPS) is 13.8. The Kier molecular flexibility index (Phi) is 14.5. The first-order chi connectivity index (χ1) is 9.26. The maximum Gasteiger partial charge on any atom is 0.303 e. The van der Waals surface area contributed by atoms with E-state index in [-0.39, 0.29) is 12.3 Å². The number of hydrogen-bond acceptors (Lipinski definition) is 3. The lowest BCUT2D eigenvalue weighted by atomic mass is 9.94. The van der Waals surface area contributed by atoms with Crippen LogP contribution in [0.15, 0.2) is 0 Å². The van der Waals surface area contributed by atoms with Crippen LogP contribution in [0.3, 0.4) is 0 Å². The predicted molar refractivity (Wildman–Crippen MR) is 86.5 cm³/mol. The molecule has 5 N–H and O–H groups in total. The van der Waals surface area contributed by atoms with Crippen LogP contribution in [0, 0.1) is 23.7 Å². The van der Waals surface area contributed by atoms with Gasteiger partial charge in [0, 0.05) is 6.42 Å². The fourth-order valence-electron chi connectivity index (χ4n) is 2.27. The molecule has 0 saturated carbocycles. The smallest absolute Gasteiger partial charge is 0.303 e. The highest BCUT2D eigenvalue weighted by Crippen LogP contribution is 2.14. The summed E-state index contributed by atoms with van der Waals surface area (Å²) in [5, 5.41) is 8.47. The van der Waals surface area contributed by atoms with Gasteiger partial charge in [0.15, 0.2) is 0 Å². The SMILES string of the molecule is CC(C)C[C@H](CN)CC(=O)O.CCC(CN)CC(C)C. The molecule has 20 heavy (non-hydrogen) atoms. The molecule has 0 radical (unpaired) electrons. The van der Waals surface area contributed by atoms with Crippen LogP contribution in [-0.2, 0) is 4.79 Å². The Hall–Kier alpha value is -0.610. The topological polar surface area (TPSA) is 89.3 Å². The van der Waals surface area contributed by atoms with Crippen LogP contribution in [0.2, 0.25) is 0 Å². The van der Waals surface area contributed by atoms with Crippen LogP contribution in [0.25, 0.3) is 0 Å². The second kappa shape index (κ2) is 13.4. The molecule has 0 bridgehead atoms. The number of aliphatic carboxylic acids is 1. The summed E-state index contributed by atoms with van der Waals surface area (Å²) < 4.78 is 0. The van der Waals surface area contributed by atoms with E-state index in [0.717, 1.165) is 24.8 Å². The third kappa shape index (κ3) is 15.4. The van der Waals surface area contributed by atoms with Gasteiger partial charge in [-0.2, -0.15) is 0 Å². The lowest BCUT2D eigenvalue weighted by Gasteiger charge is -2.13. The van der Waals surface area contributed by atoms with Crippen molar-refractivity contribution in [3.63, 3.8) is 0 Å². The van der Waals surface area contributed by atoms with Crippen molar-refractivity contribution >= 4 is 5.97 Å². The zero-order chi connectivity index (χ0) is 16.1. The van der Waals surface area contributed by atoms with Gasteiger partial charge in [-0.3, -0.25) is 4.79 Å². The van der Waals surface area contributed by atoms with Crippen LogP contribution < -0.4 is 11.5 Å². The molecular formula is C16H36N2O2. The first kappa shape index (κ1) is 21.7. The summed E-state index contributed by atoms with van der Waals surface area (Å²) in [7, 11) is 0. The molecule has 0 aromatic carbocycles. The average Bonchev–Trinajstić information content (AvgIpc) is 2.34. The molecule has 2 atom stereocenters. The third-order valence-corrected chi connectivity index (χ3v) is 3.32. The minimum absolute atomic E-state index is 0.146. The fourth-order valence-corrected chi connectivity index (χ4v) is 2.27. The molecule has 0 aromatic rings. The van der Waals surface area contributed by atoms with Crippen molar-refractivity contribution in [1.82, 2.24) is 0 Å². The first-order valence-corrected chi connectivity index (χ1v) is 7.88. The number of carboxylic acids is 1. The molecule has 0 heterocycles. The van der Waals surface area contributed by atoms with E-state index < -0.39 is 5.97 Å². The molecule has 0 spiro atoms. The predicted octanol–water partition coefficient (Wildman–Crippen LogP) is 3.10. The minimum Gasteiger partial charge on any atom is -0.481 e. The second-order valence-corrected chi connectivity index (χ2v) is 6.47. The van der Waals surface area contributed by atoms with Crippen LogP contribution in [0.4, 0.5) is 0 Å². The summed E-state index contributed by atoms with van der Waals surface area (Å²) in [5.41, 5.74) is 10.9. The average molecular weight is 288 g/mol. The molecule has 0 aliphatic carbocycles. The summed E-state index contributed by atoms with van der Waals surface area (Å²) >= 11 is 0. The summed E-state index contributed by atoms with van der Waals surface area (Å²) in [6.07, 6.45) is 3.62. The Balaban J connectivity index is 0. The highest BCUT2D eigenvalue weighted by molar-refractivity contribution is 5.67. The molecule has 0 fully saturated rings. The monoisotopic (exact) mass is 288 g/mol. The number of carboxylic acid groups (broad SMARTS) is 1. The summed E-state index contributed by atoms with van der Waals surface area (Å²) in [5.74, 6) is 1.49. The van der Waals surface area contributed by atoms with E-state index in [1.807, 2.05) is 0 Å². The lowest BCUT2D eigenvalue weighted by molar-refractivity contribution is -0.138. The van der Waals surface area contributed by atoms with E-state index in [2.05, 4.69) is 34.6 Å². The number of nitrogens with two attached hydrogens (primary N) is 2. The van der Waals surface area contributed by atoms with Gasteiger partial charge in [-0.15, -0.1) is 0 Å². The van der Waals surface area contributed by atoms with E-state index in [1.54, 1.807) is 0 Å². The van der Waals surface area contributed by atoms with Gasteiger partial charge in [0.2, 0.25) is 0 Å². The van der Waals surface area contributed by atoms with Gasteiger partial charge in [0.05, 0.1) is 0 Å². The Morgan fingerprint density at radius 2 is 1.35 bits per heavy atom. The molecule has 1 unspecified atom stereocenters. The Labute approximate surface area is 125 Å². The van der Waals surface area contributed by atoms with E-state index >= 15 is 0 Å². The Morgan fingerprint density at radius 3 is 1.55 bits per heavy atom. The number of hydrogen-bond donors (Lipinski definition) is 3. The van der Waals surface area contributed by atoms with Gasteiger partial charge >= 0.3 is 5.97 Å². The minimum atomic E-state index is -0.749. The zero-order valence-corrected chi connectivity index (χ0v) is 14.1. The maximum absolute atomic E-state index is 10.3. The van der Waals surface area contributed by atoms with E-state index in [9.17, 15) is 4.79 Å². The van der Waals surface area contributed by atoms with Crippen LogP contribution in [0.5, 0.6) is 0 Å². The summed E-state index contributed by atoms with van der Waals surface area (Å²) in [6.45, 7) is 12.2. The Morgan fingerprint density at radius 1 is 0.950 bits per heavy atom. The van der Waals surface area contributed by atoms with Crippen molar-refractivity contribution in [1.29, 1.82) is 0 Å². The lowest BCUT2D eigenvalue weighted by Crippen LogP contribution is -2.19. The van der Waals surface area contributed by atoms with Crippen molar-refractivity contribution in [2.75, 3.05) is 13.1 Å². The molecule has 0 amide bonds. The van der Waals surface area contributed by atoms with Crippen LogP contribution >= 0.6 is 0 Å². The number of carbonyl (C=O) groups is 1. The third-order valence-electron chi connectivity index (χ3n) is 3.32. The molecule has 0 aromatic heterocycles. The molecule has 0 rings (SSSR count). The Bertz CT molecular complexity index is 227. The highest BCUT2D eigenvalue weighted by Gasteiger charge is 2.12. The van der Waals surface area contributed by atoms with Gasteiger partial charge in [-0.05, 0) is 49.6 Å². The first-order valence-electron chi connectivity index (χ1n) is 7.88. The number of rotatable bonds is 9. The van der Waals surface area contributed by atoms with Gasteiger partial charge in [-0.25, -0.2) is 0 Å². The van der Waals surface area contributed by atoms with Crippen molar-refractivity contribution in [2.45, 2.75) is 60.3 Å². The molecule has 0 aliphatic heterocycles. The second-order valence-electron chi connectivity index (χ2n) is 6.47. The van der Waals surface area contributed by atoms with Gasteiger partial charge in [0.25, 0.3) is 0 Å².